The predicted molar refractivity (Wildman–Crippen MR) is 92.0 cm³/mol. The standard InChI is InChI=1S/C19H20ClNO/c1-11(2)14-7-5-12(3)17(9-14)21-10-15-16(20)8-6-13(4)18(15)19(21)22/h5-9,11H,10H2,1-4H3. The van der Waals surface area contributed by atoms with E-state index >= 15 is 0 Å². The molecular weight excluding hydrogens is 294 g/mol. The van der Waals surface area contributed by atoms with E-state index in [2.05, 4.69) is 32.0 Å². The molecule has 1 aliphatic heterocycles. The van der Waals surface area contributed by atoms with Crippen LogP contribution in [-0.4, -0.2) is 5.91 Å². The van der Waals surface area contributed by atoms with E-state index in [9.17, 15) is 4.79 Å². The van der Waals surface area contributed by atoms with Crippen LogP contribution in [0.5, 0.6) is 0 Å². The molecule has 0 aromatic heterocycles. The molecule has 0 saturated carbocycles. The van der Waals surface area contributed by atoms with Crippen LogP contribution in [0.25, 0.3) is 0 Å². The van der Waals surface area contributed by atoms with E-state index in [0.29, 0.717) is 17.5 Å². The fraction of sp³-hybridized carbons (Fsp3) is 0.316. The highest BCUT2D eigenvalue weighted by Gasteiger charge is 2.32. The van der Waals surface area contributed by atoms with E-state index in [-0.39, 0.29) is 5.91 Å². The fourth-order valence-electron chi connectivity index (χ4n) is 3.03. The highest BCUT2D eigenvalue weighted by atomic mass is 35.5. The zero-order valence-electron chi connectivity index (χ0n) is 13.4. The second-order valence-electron chi connectivity index (χ2n) is 6.31. The maximum absolute atomic E-state index is 12.9. The Kier molecular flexibility index (Phi) is 3.73. The van der Waals surface area contributed by atoms with E-state index in [4.69, 9.17) is 11.6 Å². The van der Waals surface area contributed by atoms with Crippen molar-refractivity contribution in [3.63, 3.8) is 0 Å². The summed E-state index contributed by atoms with van der Waals surface area (Å²) in [4.78, 5) is 14.7. The summed E-state index contributed by atoms with van der Waals surface area (Å²) >= 11 is 6.30. The molecule has 0 fully saturated rings. The lowest BCUT2D eigenvalue weighted by molar-refractivity contribution is 0.0996. The minimum atomic E-state index is 0.0546. The average molecular weight is 314 g/mol. The molecule has 0 bridgehead atoms. The third kappa shape index (κ3) is 2.32. The second-order valence-corrected chi connectivity index (χ2v) is 6.72. The molecule has 1 heterocycles. The Bertz CT molecular complexity index is 764. The van der Waals surface area contributed by atoms with Crippen LogP contribution in [0.4, 0.5) is 5.69 Å². The van der Waals surface area contributed by atoms with Crippen LogP contribution in [0.3, 0.4) is 0 Å². The molecule has 114 valence electrons. The number of benzene rings is 2. The predicted octanol–water partition coefficient (Wildman–Crippen LogP) is 5.24. The maximum atomic E-state index is 12.9. The molecule has 0 unspecified atom stereocenters. The van der Waals surface area contributed by atoms with Crippen molar-refractivity contribution in [1.29, 1.82) is 0 Å². The lowest BCUT2D eigenvalue weighted by Crippen LogP contribution is -2.24. The van der Waals surface area contributed by atoms with Gasteiger partial charge in [0, 0.05) is 21.8 Å². The van der Waals surface area contributed by atoms with Crippen molar-refractivity contribution in [1.82, 2.24) is 0 Å². The van der Waals surface area contributed by atoms with Gasteiger partial charge in [-0.25, -0.2) is 0 Å². The van der Waals surface area contributed by atoms with Gasteiger partial charge in [0.1, 0.15) is 0 Å². The van der Waals surface area contributed by atoms with E-state index in [1.165, 1.54) is 5.56 Å². The Labute approximate surface area is 136 Å². The third-order valence-corrected chi connectivity index (χ3v) is 4.78. The number of fused-ring (bicyclic) bond motifs is 1. The molecule has 0 N–H and O–H groups in total. The Morgan fingerprint density at radius 1 is 1.09 bits per heavy atom. The number of halogens is 1. The lowest BCUT2D eigenvalue weighted by Gasteiger charge is -2.20. The van der Waals surface area contributed by atoms with Gasteiger partial charge in [-0.1, -0.05) is 43.6 Å². The van der Waals surface area contributed by atoms with E-state index < -0.39 is 0 Å². The van der Waals surface area contributed by atoms with Crippen molar-refractivity contribution >= 4 is 23.2 Å². The Morgan fingerprint density at radius 2 is 1.77 bits per heavy atom. The summed E-state index contributed by atoms with van der Waals surface area (Å²) in [6.45, 7) is 8.89. The van der Waals surface area contributed by atoms with E-state index in [0.717, 1.165) is 27.9 Å². The van der Waals surface area contributed by atoms with Gasteiger partial charge in [0.15, 0.2) is 0 Å². The average Bonchev–Trinajstić information content (AvgIpc) is 2.82. The highest BCUT2D eigenvalue weighted by Crippen LogP contribution is 2.36. The van der Waals surface area contributed by atoms with Gasteiger partial charge in [0.2, 0.25) is 0 Å². The maximum Gasteiger partial charge on any atom is 0.259 e. The Morgan fingerprint density at radius 3 is 2.41 bits per heavy atom. The zero-order chi connectivity index (χ0) is 16.0. The molecule has 2 aromatic rings. The normalized spacial score (nSPS) is 13.9. The molecular formula is C19H20ClNO. The molecule has 0 saturated heterocycles. The van der Waals surface area contributed by atoms with E-state index in [1.807, 2.05) is 30.9 Å². The minimum Gasteiger partial charge on any atom is -0.304 e. The fourth-order valence-corrected chi connectivity index (χ4v) is 3.24. The summed E-state index contributed by atoms with van der Waals surface area (Å²) in [5, 5.41) is 0.675. The van der Waals surface area contributed by atoms with Crippen LogP contribution in [0.1, 0.15) is 52.4 Å². The molecule has 0 aliphatic carbocycles. The smallest absolute Gasteiger partial charge is 0.259 e. The van der Waals surface area contributed by atoms with Crippen molar-refractivity contribution in [3.05, 3.63) is 63.2 Å². The van der Waals surface area contributed by atoms with E-state index in [1.54, 1.807) is 0 Å². The zero-order valence-corrected chi connectivity index (χ0v) is 14.2. The summed E-state index contributed by atoms with van der Waals surface area (Å²) in [6.07, 6.45) is 0. The van der Waals surface area contributed by atoms with Gasteiger partial charge < -0.3 is 4.90 Å². The van der Waals surface area contributed by atoms with Crippen LogP contribution >= 0.6 is 11.6 Å². The summed E-state index contributed by atoms with van der Waals surface area (Å²) in [6, 6.07) is 10.2. The Hall–Kier alpha value is -1.80. The highest BCUT2D eigenvalue weighted by molar-refractivity contribution is 6.32. The van der Waals surface area contributed by atoms with Crippen molar-refractivity contribution in [2.45, 2.75) is 40.2 Å². The van der Waals surface area contributed by atoms with Crippen LogP contribution in [-0.2, 0) is 6.54 Å². The van der Waals surface area contributed by atoms with Gasteiger partial charge in [-0.15, -0.1) is 0 Å². The first-order valence-corrected chi connectivity index (χ1v) is 7.98. The molecule has 0 radical (unpaired) electrons. The Balaban J connectivity index is 2.09. The molecule has 3 heteroatoms. The van der Waals surface area contributed by atoms with Crippen LogP contribution in [0.15, 0.2) is 30.3 Å². The SMILES string of the molecule is Cc1ccc(C(C)C)cc1N1Cc2c(Cl)ccc(C)c2C1=O. The summed E-state index contributed by atoms with van der Waals surface area (Å²) in [7, 11) is 0. The molecule has 0 spiro atoms. The number of amides is 1. The van der Waals surface area contributed by atoms with Crippen molar-refractivity contribution in [2.24, 2.45) is 0 Å². The number of aryl methyl sites for hydroxylation is 2. The molecule has 3 rings (SSSR count). The number of nitrogens with zero attached hydrogens (tertiary/aromatic N) is 1. The number of rotatable bonds is 2. The minimum absolute atomic E-state index is 0.0546. The van der Waals surface area contributed by atoms with Gasteiger partial charge in [0.05, 0.1) is 6.54 Å². The van der Waals surface area contributed by atoms with Gasteiger partial charge >= 0.3 is 0 Å². The number of carbonyl (C=O) groups excluding carboxylic acids is 1. The van der Waals surface area contributed by atoms with Gasteiger partial charge in [-0.2, -0.15) is 0 Å². The molecule has 2 nitrogen and oxygen atoms in total. The van der Waals surface area contributed by atoms with Gasteiger partial charge in [-0.3, -0.25) is 4.79 Å². The van der Waals surface area contributed by atoms with Gasteiger partial charge in [0.25, 0.3) is 5.91 Å². The lowest BCUT2D eigenvalue weighted by atomic mass is 10.00. The molecule has 1 amide bonds. The summed E-state index contributed by atoms with van der Waals surface area (Å²) in [5.41, 5.74) is 6.04. The van der Waals surface area contributed by atoms with Crippen molar-refractivity contribution < 1.29 is 4.79 Å². The first-order chi connectivity index (χ1) is 10.4. The van der Waals surface area contributed by atoms with Crippen molar-refractivity contribution in [3.8, 4) is 0 Å². The summed E-state index contributed by atoms with van der Waals surface area (Å²) < 4.78 is 0. The van der Waals surface area contributed by atoms with Crippen LogP contribution in [0.2, 0.25) is 5.02 Å². The third-order valence-electron chi connectivity index (χ3n) is 4.43. The number of hydrogen-bond donors (Lipinski definition) is 0. The number of anilines is 1. The largest absolute Gasteiger partial charge is 0.304 e. The second kappa shape index (κ2) is 5.44. The number of hydrogen-bond acceptors (Lipinski definition) is 1. The monoisotopic (exact) mass is 313 g/mol. The van der Waals surface area contributed by atoms with Gasteiger partial charge in [-0.05, 0) is 48.6 Å². The first kappa shape index (κ1) is 15.1. The van der Waals surface area contributed by atoms with Crippen LogP contribution < -0.4 is 4.90 Å². The van der Waals surface area contributed by atoms with Crippen LogP contribution in [0, 0.1) is 13.8 Å². The number of carbonyl (C=O) groups is 1. The molecule has 2 aromatic carbocycles. The molecule has 1 aliphatic rings. The molecule has 22 heavy (non-hydrogen) atoms. The first-order valence-electron chi connectivity index (χ1n) is 7.60. The summed E-state index contributed by atoms with van der Waals surface area (Å²) in [5.74, 6) is 0.490. The molecule has 0 atom stereocenters. The quantitative estimate of drug-likeness (QED) is 0.742. The van der Waals surface area contributed by atoms with Crippen molar-refractivity contribution in [2.75, 3.05) is 4.90 Å². The topological polar surface area (TPSA) is 20.3 Å².